The summed E-state index contributed by atoms with van der Waals surface area (Å²) in [5.41, 5.74) is -1.28. The number of benzene rings is 2. The first kappa shape index (κ1) is 29.1. The molecule has 0 spiro atoms. The number of halogens is 7. The molecule has 0 radical (unpaired) electrons. The Morgan fingerprint density at radius 1 is 1.09 bits per heavy atom. The highest BCUT2D eigenvalue weighted by molar-refractivity contribution is 6.02. The summed E-state index contributed by atoms with van der Waals surface area (Å²) in [6.45, 7) is -0.945. The largest absolute Gasteiger partial charge is 0.435 e. The van der Waals surface area contributed by atoms with Gasteiger partial charge in [0, 0.05) is 54.6 Å². The Hall–Kier alpha value is -4.03. The second-order valence-corrected chi connectivity index (χ2v) is 11.4. The molecule has 1 amide bonds. The Kier molecular flexibility index (Phi) is 6.77. The van der Waals surface area contributed by atoms with Gasteiger partial charge in [-0.15, -0.1) is 0 Å². The number of nitrogens with zero attached hydrogens (tertiary/aromatic N) is 3. The minimum absolute atomic E-state index is 0.0335. The molecule has 1 heterocycles. The van der Waals surface area contributed by atoms with Crippen molar-refractivity contribution in [1.29, 1.82) is 0 Å². The zero-order valence-corrected chi connectivity index (χ0v) is 22.7. The van der Waals surface area contributed by atoms with E-state index in [1.807, 2.05) is 0 Å². The van der Waals surface area contributed by atoms with Gasteiger partial charge in [0.1, 0.15) is 23.9 Å². The molecule has 2 unspecified atom stereocenters. The summed E-state index contributed by atoms with van der Waals surface area (Å²) >= 11 is 0. The molecule has 0 N–H and O–H groups in total. The summed E-state index contributed by atoms with van der Waals surface area (Å²) in [4.78, 5) is 40.1. The van der Waals surface area contributed by atoms with Crippen molar-refractivity contribution in [2.45, 2.75) is 56.7 Å². The molecule has 226 valence electrons. The Bertz CT molecular complexity index is 1660. The number of rotatable bonds is 8. The summed E-state index contributed by atoms with van der Waals surface area (Å²) in [6.07, 6.45) is -5.25. The summed E-state index contributed by atoms with van der Waals surface area (Å²) in [7, 11) is 1.41. The normalized spacial score (nSPS) is 20.4. The van der Waals surface area contributed by atoms with Crippen molar-refractivity contribution in [3.8, 4) is 0 Å². The highest BCUT2D eigenvalue weighted by atomic mass is 19.4. The summed E-state index contributed by atoms with van der Waals surface area (Å²) in [5.74, 6) is -10.5. The maximum absolute atomic E-state index is 15.0. The second kappa shape index (κ2) is 10.0. The van der Waals surface area contributed by atoms with Crippen LogP contribution in [0.15, 0.2) is 36.4 Å². The van der Waals surface area contributed by atoms with Gasteiger partial charge in [0.25, 0.3) is 5.92 Å². The third-order valence-corrected chi connectivity index (χ3v) is 8.48. The number of Topliss-reactive ketones (excluding diaryl/α,β-unsaturated/α-hetero) is 2. The maximum atomic E-state index is 15.0. The zero-order valence-electron chi connectivity index (χ0n) is 22.7. The van der Waals surface area contributed by atoms with E-state index in [9.17, 15) is 45.1 Å². The summed E-state index contributed by atoms with van der Waals surface area (Å²) in [6, 6.07) is 7.37. The number of hydrogen-bond donors (Lipinski definition) is 0. The fraction of sp³-hybridized carbons (Fsp3) is 0.400. The molecule has 43 heavy (non-hydrogen) atoms. The number of aryl methyl sites for hydroxylation is 1. The topological polar surface area (TPSA) is 72.3 Å². The molecule has 6 rings (SSSR count). The van der Waals surface area contributed by atoms with Gasteiger partial charge in [0.2, 0.25) is 5.91 Å². The van der Waals surface area contributed by atoms with Gasteiger partial charge in [-0.25, -0.2) is 8.78 Å². The number of carbonyl (C=O) groups is 3. The monoisotopic (exact) mass is 607 g/mol. The number of anilines is 1. The lowest BCUT2D eigenvalue weighted by Gasteiger charge is -2.25. The van der Waals surface area contributed by atoms with Gasteiger partial charge in [-0.3, -0.25) is 19.1 Å². The fourth-order valence-corrected chi connectivity index (χ4v) is 6.41. The van der Waals surface area contributed by atoms with E-state index in [0.717, 1.165) is 17.7 Å². The molecule has 3 aliphatic rings. The number of amides is 1. The van der Waals surface area contributed by atoms with Crippen molar-refractivity contribution < 1.29 is 45.1 Å². The average molecular weight is 608 g/mol. The van der Waals surface area contributed by atoms with Crippen LogP contribution in [-0.2, 0) is 41.1 Å². The van der Waals surface area contributed by atoms with Crippen LogP contribution in [0, 0.1) is 23.5 Å². The molecule has 3 atom stereocenters. The van der Waals surface area contributed by atoms with Crippen LogP contribution < -0.4 is 4.90 Å². The second-order valence-electron chi connectivity index (χ2n) is 11.4. The van der Waals surface area contributed by atoms with Gasteiger partial charge in [-0.1, -0.05) is 0 Å². The molecular weight excluding hydrogens is 583 g/mol. The quantitative estimate of drug-likeness (QED) is 0.295. The molecule has 6 nitrogen and oxygen atoms in total. The Morgan fingerprint density at radius 2 is 1.79 bits per heavy atom. The van der Waals surface area contributed by atoms with Crippen molar-refractivity contribution >= 4 is 23.2 Å². The molecule has 3 aliphatic carbocycles. The molecule has 1 fully saturated rings. The van der Waals surface area contributed by atoms with Crippen molar-refractivity contribution in [2.24, 2.45) is 11.8 Å². The fourth-order valence-electron chi connectivity index (χ4n) is 6.41. The lowest BCUT2D eigenvalue weighted by Crippen LogP contribution is -2.36. The van der Waals surface area contributed by atoms with Crippen LogP contribution in [0.5, 0.6) is 0 Å². The van der Waals surface area contributed by atoms with Gasteiger partial charge in [0.15, 0.2) is 17.3 Å². The van der Waals surface area contributed by atoms with E-state index in [0.29, 0.717) is 34.8 Å². The smallest absolute Gasteiger partial charge is 0.315 e. The first-order valence-corrected chi connectivity index (χ1v) is 13.6. The maximum Gasteiger partial charge on any atom is 0.435 e. The van der Waals surface area contributed by atoms with Gasteiger partial charge < -0.3 is 4.90 Å². The number of ketones is 2. The van der Waals surface area contributed by atoms with Gasteiger partial charge >= 0.3 is 6.18 Å². The molecule has 0 saturated heterocycles. The number of alkyl halides is 5. The highest BCUT2D eigenvalue weighted by Crippen LogP contribution is 2.68. The van der Waals surface area contributed by atoms with E-state index in [-0.39, 0.29) is 24.2 Å². The minimum Gasteiger partial charge on any atom is -0.315 e. The Labute approximate surface area is 240 Å². The number of hydrogen-bond acceptors (Lipinski definition) is 4. The molecule has 0 bridgehead atoms. The molecule has 13 heteroatoms. The van der Waals surface area contributed by atoms with Gasteiger partial charge in [0.05, 0.1) is 0 Å². The van der Waals surface area contributed by atoms with Crippen LogP contribution >= 0.6 is 0 Å². The predicted octanol–water partition coefficient (Wildman–Crippen LogP) is 6.00. The van der Waals surface area contributed by atoms with E-state index in [1.165, 1.54) is 11.9 Å². The van der Waals surface area contributed by atoms with Crippen LogP contribution in [-0.4, -0.2) is 34.3 Å². The van der Waals surface area contributed by atoms with E-state index in [1.54, 1.807) is 18.2 Å². The lowest BCUT2D eigenvalue weighted by molar-refractivity contribution is -0.142. The van der Waals surface area contributed by atoms with Crippen LogP contribution in [0.25, 0.3) is 0 Å². The highest BCUT2D eigenvalue weighted by Gasteiger charge is 2.68. The van der Waals surface area contributed by atoms with Crippen LogP contribution in [0.4, 0.5) is 36.4 Å². The predicted molar refractivity (Wildman–Crippen MR) is 138 cm³/mol. The van der Waals surface area contributed by atoms with Crippen molar-refractivity contribution in [2.75, 3.05) is 11.9 Å². The molecule has 1 saturated carbocycles. The summed E-state index contributed by atoms with van der Waals surface area (Å²) in [5, 5.41) is 3.37. The number of fused-ring (bicyclic) bond motifs is 4. The first-order chi connectivity index (χ1) is 20.1. The average Bonchev–Trinajstić information content (AvgIpc) is 3.42. The van der Waals surface area contributed by atoms with E-state index in [2.05, 4.69) is 5.10 Å². The molecule has 1 aromatic heterocycles. The number of carbonyl (C=O) groups excluding carboxylic acids is 3. The molecule has 2 aromatic carbocycles. The third-order valence-electron chi connectivity index (χ3n) is 8.48. The molecule has 0 aliphatic heterocycles. The van der Waals surface area contributed by atoms with E-state index in [4.69, 9.17) is 0 Å². The lowest BCUT2D eigenvalue weighted by atomic mass is 9.92. The Morgan fingerprint density at radius 3 is 2.47 bits per heavy atom. The van der Waals surface area contributed by atoms with E-state index < -0.39 is 83.1 Å². The summed E-state index contributed by atoms with van der Waals surface area (Å²) < 4.78 is 99.2. The molecular formula is C30H24F7N3O3. The minimum atomic E-state index is -5.00. The molecule has 3 aromatic rings. The first-order valence-electron chi connectivity index (χ1n) is 13.6. The van der Waals surface area contributed by atoms with Crippen LogP contribution in [0.3, 0.4) is 0 Å². The Balaban J connectivity index is 1.29. The third kappa shape index (κ3) is 5.12. The standard InChI is InChI=1S/C30H24F7N3O3/c1-39(19-3-4-21-15(9-19)2-5-24(21)42)28(43)16(6-14-7-17(31)11-18(32)8-14)10-20(41)13-40-27-25(26(38-40)30(35,36)37)22-12-23(22)29(27,33)34/h3-4,7-9,11,16,22-23H,2,5-6,10,12-13H2,1H3/t16-,22?,23?/m1/s1. The van der Waals surface area contributed by atoms with Gasteiger partial charge in [-0.05, 0) is 66.6 Å². The SMILES string of the molecule is CN(C(=O)[C@@H](CC(=O)Cn1nc(C(F)(F)F)c2c1C(F)(F)C1CC21)Cc1cc(F)cc(F)c1)c1ccc2c(c1)CCC2=O. The van der Waals surface area contributed by atoms with Crippen LogP contribution in [0.1, 0.15) is 63.6 Å². The van der Waals surface area contributed by atoms with Crippen LogP contribution in [0.2, 0.25) is 0 Å². The van der Waals surface area contributed by atoms with Crippen molar-refractivity contribution in [3.05, 3.63) is 81.7 Å². The van der Waals surface area contributed by atoms with E-state index >= 15 is 0 Å². The number of aromatic nitrogens is 2. The van der Waals surface area contributed by atoms with Crippen molar-refractivity contribution in [1.82, 2.24) is 9.78 Å². The van der Waals surface area contributed by atoms with Crippen molar-refractivity contribution in [3.63, 3.8) is 0 Å². The van der Waals surface area contributed by atoms with Gasteiger partial charge in [-0.2, -0.15) is 27.1 Å². The zero-order chi connectivity index (χ0) is 31.0.